The molecular formula is C39H37ClN2O4. The number of carbonyl (C=O) groups is 2. The van der Waals surface area contributed by atoms with Crippen LogP contribution in [0.25, 0.3) is 0 Å². The summed E-state index contributed by atoms with van der Waals surface area (Å²) in [5, 5.41) is 4.31. The molecule has 0 saturated heterocycles. The molecule has 7 heteroatoms. The molecule has 4 aromatic rings. The Balaban J connectivity index is 1.33. The van der Waals surface area contributed by atoms with Crippen molar-refractivity contribution in [3.63, 3.8) is 0 Å². The van der Waals surface area contributed by atoms with Crippen LogP contribution < -0.4 is 19.7 Å². The van der Waals surface area contributed by atoms with E-state index in [9.17, 15) is 9.59 Å². The number of carbonyl (C=O) groups excluding carboxylic acids is 2. The van der Waals surface area contributed by atoms with E-state index < -0.39 is 6.04 Å². The molecule has 1 N–H and O–H groups in total. The maximum absolute atomic E-state index is 14.4. The van der Waals surface area contributed by atoms with Crippen LogP contribution in [0.4, 0.5) is 11.4 Å². The number of fused-ring (bicyclic) bond motifs is 1. The molecule has 1 amide bonds. The maximum Gasteiger partial charge on any atom is 0.231 e. The molecule has 0 aromatic heterocycles. The highest BCUT2D eigenvalue weighted by Crippen LogP contribution is 2.50. The van der Waals surface area contributed by atoms with Gasteiger partial charge in [0.2, 0.25) is 5.91 Å². The number of nitrogens with zero attached hydrogens (tertiary/aromatic N) is 1. The number of aryl methyl sites for hydroxylation is 1. The van der Waals surface area contributed by atoms with Crippen molar-refractivity contribution < 1.29 is 19.1 Å². The van der Waals surface area contributed by atoms with Crippen molar-refractivity contribution in [1.29, 1.82) is 0 Å². The lowest BCUT2D eigenvalue weighted by atomic mass is 9.78. The monoisotopic (exact) mass is 632 g/mol. The Morgan fingerprint density at radius 1 is 0.891 bits per heavy atom. The van der Waals surface area contributed by atoms with Crippen LogP contribution in [0.1, 0.15) is 66.8 Å². The van der Waals surface area contributed by atoms with Gasteiger partial charge in [-0.05, 0) is 92.1 Å². The molecule has 2 aliphatic carbocycles. The van der Waals surface area contributed by atoms with Crippen molar-refractivity contribution in [1.82, 2.24) is 0 Å². The number of ether oxygens (including phenoxy) is 2. The fourth-order valence-electron chi connectivity index (χ4n) is 6.57. The lowest BCUT2D eigenvalue weighted by Crippen LogP contribution is -2.39. The van der Waals surface area contributed by atoms with E-state index >= 15 is 0 Å². The standard InChI is InChI=1S/C39H37ClN2O4/c1-3-45-36-22-28(16-19-35(36)46-23-25-10-17-30(40)18-11-25)38-37-32(20-29(21-34(37)43)26-12-8-24(2)9-13-26)41-31-6-4-5-7-33(31)42(38)39(44)27-14-15-27/h4-13,16-19,22,27,29,38,41H,3,14-15,20-21,23H2,1-2H3/t29-,38-/m0/s1. The van der Waals surface area contributed by atoms with Crippen molar-refractivity contribution in [2.45, 2.75) is 58.1 Å². The molecule has 0 unspecified atom stereocenters. The number of Topliss-reactive ketones (excluding diaryl/α,β-unsaturated/α-hetero) is 1. The number of halogens is 1. The molecule has 1 saturated carbocycles. The number of para-hydroxylation sites is 2. The fraction of sp³-hybridized carbons (Fsp3) is 0.282. The molecule has 2 atom stereocenters. The molecule has 4 aromatic carbocycles. The predicted molar refractivity (Wildman–Crippen MR) is 182 cm³/mol. The largest absolute Gasteiger partial charge is 0.490 e. The molecule has 1 aliphatic heterocycles. The van der Waals surface area contributed by atoms with Gasteiger partial charge in [0.25, 0.3) is 0 Å². The van der Waals surface area contributed by atoms with Crippen molar-refractivity contribution >= 4 is 34.7 Å². The molecular weight excluding hydrogens is 596 g/mol. The van der Waals surface area contributed by atoms with Gasteiger partial charge in [0, 0.05) is 28.6 Å². The third-order valence-electron chi connectivity index (χ3n) is 9.09. The number of hydrogen-bond acceptors (Lipinski definition) is 5. The highest BCUT2D eigenvalue weighted by atomic mass is 35.5. The van der Waals surface area contributed by atoms with Crippen molar-refractivity contribution in [3.05, 3.63) is 130 Å². The number of anilines is 2. The number of nitrogens with one attached hydrogen (secondary N) is 1. The van der Waals surface area contributed by atoms with Crippen LogP contribution in [-0.2, 0) is 16.2 Å². The van der Waals surface area contributed by atoms with Gasteiger partial charge in [0.05, 0.1) is 24.0 Å². The topological polar surface area (TPSA) is 67.9 Å². The summed E-state index contributed by atoms with van der Waals surface area (Å²) in [5.41, 5.74) is 7.24. The molecule has 3 aliphatic rings. The Hall–Kier alpha value is -4.55. The van der Waals surface area contributed by atoms with Gasteiger partial charge < -0.3 is 14.8 Å². The van der Waals surface area contributed by atoms with E-state index in [1.165, 1.54) is 5.56 Å². The van der Waals surface area contributed by atoms with Crippen LogP contribution in [-0.4, -0.2) is 18.3 Å². The van der Waals surface area contributed by atoms with E-state index in [0.29, 0.717) is 48.2 Å². The quantitative estimate of drug-likeness (QED) is 0.210. The normalized spacial score (nSPS) is 19.1. The molecule has 7 rings (SSSR count). The summed E-state index contributed by atoms with van der Waals surface area (Å²) < 4.78 is 12.3. The van der Waals surface area contributed by atoms with Gasteiger partial charge in [-0.3, -0.25) is 14.5 Å². The lowest BCUT2D eigenvalue weighted by Gasteiger charge is -2.35. The first-order valence-electron chi connectivity index (χ1n) is 16.1. The Bertz CT molecular complexity index is 1810. The molecule has 234 valence electrons. The van der Waals surface area contributed by atoms with Gasteiger partial charge in [0.15, 0.2) is 17.3 Å². The average Bonchev–Trinajstić information content (AvgIpc) is 3.92. The molecule has 0 bridgehead atoms. The van der Waals surface area contributed by atoms with Crippen LogP contribution in [0.3, 0.4) is 0 Å². The van der Waals surface area contributed by atoms with Gasteiger partial charge in [0.1, 0.15) is 6.61 Å². The summed E-state index contributed by atoms with van der Waals surface area (Å²) >= 11 is 6.07. The van der Waals surface area contributed by atoms with E-state index in [0.717, 1.165) is 46.6 Å². The maximum atomic E-state index is 14.4. The van der Waals surface area contributed by atoms with E-state index in [1.807, 2.05) is 78.6 Å². The van der Waals surface area contributed by atoms with Crippen LogP contribution in [0.15, 0.2) is 102 Å². The van der Waals surface area contributed by atoms with Crippen LogP contribution >= 0.6 is 11.6 Å². The van der Waals surface area contributed by atoms with Gasteiger partial charge in [-0.15, -0.1) is 0 Å². The third kappa shape index (κ3) is 6.02. The smallest absolute Gasteiger partial charge is 0.231 e. The summed E-state index contributed by atoms with van der Waals surface area (Å²) in [6, 6.07) is 29.1. The summed E-state index contributed by atoms with van der Waals surface area (Å²) in [5.74, 6) is 1.25. The summed E-state index contributed by atoms with van der Waals surface area (Å²) in [6.07, 6.45) is 2.76. The van der Waals surface area contributed by atoms with Crippen molar-refractivity contribution in [2.75, 3.05) is 16.8 Å². The van der Waals surface area contributed by atoms with Gasteiger partial charge in [-0.2, -0.15) is 0 Å². The van der Waals surface area contributed by atoms with Crippen LogP contribution in [0, 0.1) is 12.8 Å². The molecule has 1 fully saturated rings. The first-order valence-corrected chi connectivity index (χ1v) is 16.4. The van der Waals surface area contributed by atoms with Gasteiger partial charge in [-0.1, -0.05) is 71.8 Å². The van der Waals surface area contributed by atoms with Crippen molar-refractivity contribution in [3.8, 4) is 11.5 Å². The van der Waals surface area contributed by atoms with Gasteiger partial charge in [-0.25, -0.2) is 0 Å². The Morgan fingerprint density at radius 3 is 2.37 bits per heavy atom. The van der Waals surface area contributed by atoms with E-state index in [-0.39, 0.29) is 23.5 Å². The average molecular weight is 633 g/mol. The molecule has 46 heavy (non-hydrogen) atoms. The minimum Gasteiger partial charge on any atom is -0.490 e. The van der Waals surface area contributed by atoms with Crippen LogP contribution in [0.5, 0.6) is 11.5 Å². The minimum atomic E-state index is -0.616. The summed E-state index contributed by atoms with van der Waals surface area (Å²) in [4.78, 5) is 30.5. The highest BCUT2D eigenvalue weighted by molar-refractivity contribution is 6.30. The second-order valence-electron chi connectivity index (χ2n) is 12.4. The predicted octanol–water partition coefficient (Wildman–Crippen LogP) is 8.94. The van der Waals surface area contributed by atoms with E-state index in [4.69, 9.17) is 21.1 Å². The number of allylic oxidation sites excluding steroid dienone is 1. The molecule has 0 spiro atoms. The number of ketones is 1. The Morgan fingerprint density at radius 2 is 1.63 bits per heavy atom. The lowest BCUT2D eigenvalue weighted by molar-refractivity contribution is -0.120. The van der Waals surface area contributed by atoms with Crippen molar-refractivity contribution in [2.24, 2.45) is 5.92 Å². The second-order valence-corrected chi connectivity index (χ2v) is 12.8. The van der Waals surface area contributed by atoms with E-state index in [1.54, 1.807) is 0 Å². The number of amides is 1. The molecule has 6 nitrogen and oxygen atoms in total. The molecule has 0 radical (unpaired) electrons. The Labute approximate surface area is 275 Å². The summed E-state index contributed by atoms with van der Waals surface area (Å²) in [7, 11) is 0. The summed E-state index contributed by atoms with van der Waals surface area (Å²) in [6.45, 7) is 4.78. The zero-order valence-electron chi connectivity index (χ0n) is 26.1. The zero-order chi connectivity index (χ0) is 31.8. The van der Waals surface area contributed by atoms with E-state index in [2.05, 4.69) is 36.5 Å². The second kappa shape index (κ2) is 12.7. The fourth-order valence-corrected chi connectivity index (χ4v) is 6.70. The highest BCUT2D eigenvalue weighted by Gasteiger charge is 2.45. The van der Waals surface area contributed by atoms with Gasteiger partial charge >= 0.3 is 0 Å². The first-order chi connectivity index (χ1) is 22.4. The number of rotatable bonds is 8. The van der Waals surface area contributed by atoms with Crippen LogP contribution in [0.2, 0.25) is 5.02 Å². The zero-order valence-corrected chi connectivity index (χ0v) is 26.8. The number of hydrogen-bond donors (Lipinski definition) is 1. The first kappa shape index (κ1) is 30.1. The third-order valence-corrected chi connectivity index (χ3v) is 9.34. The number of benzene rings is 4. The Kier molecular flexibility index (Phi) is 8.31. The SMILES string of the molecule is CCOc1cc([C@H]2C3=C(C[C@H](c4ccc(C)cc4)CC3=O)Nc3ccccc3N2C(=O)C2CC2)ccc1OCc1ccc(Cl)cc1. The molecule has 1 heterocycles. The minimum absolute atomic E-state index is 0.0421.